The van der Waals surface area contributed by atoms with E-state index < -0.39 is 18.2 Å². The summed E-state index contributed by atoms with van der Waals surface area (Å²) in [6.45, 7) is 12.6. The van der Waals surface area contributed by atoms with Crippen LogP contribution in [0.25, 0.3) is 0 Å². The largest absolute Gasteiger partial charge is 0.469 e. The van der Waals surface area contributed by atoms with E-state index in [-0.39, 0.29) is 29.5 Å². The molecule has 0 spiro atoms. The molecule has 2 atom stereocenters. The van der Waals surface area contributed by atoms with Gasteiger partial charge in [0.25, 0.3) is 0 Å². The fraction of sp³-hybridized carbons (Fsp3) is 0.679. The molecule has 0 amide bonds. The van der Waals surface area contributed by atoms with Crippen molar-refractivity contribution >= 4 is 34.0 Å². The summed E-state index contributed by atoms with van der Waals surface area (Å²) in [5, 5.41) is 13.8. The number of aliphatic hydroxyl groups excluding tert-OH is 1. The summed E-state index contributed by atoms with van der Waals surface area (Å²) in [5.74, 6) is -0.946. The van der Waals surface area contributed by atoms with Crippen molar-refractivity contribution in [2.45, 2.75) is 84.7 Å². The Hall–Kier alpha value is -2.44. The Morgan fingerprint density at radius 2 is 1.88 bits per heavy atom. The number of hydrogen-bond acceptors (Lipinski definition) is 9. The summed E-state index contributed by atoms with van der Waals surface area (Å²) >= 11 is 0.659. The Bertz CT molecular complexity index is 1100. The molecule has 1 aliphatic rings. The Morgan fingerprint density at radius 1 is 1.20 bits per heavy atom. The van der Waals surface area contributed by atoms with Gasteiger partial charge in [0.1, 0.15) is 6.23 Å². The highest BCUT2D eigenvalue weighted by atomic mass is 32.1. The molecule has 2 N–H and O–H groups in total. The number of ether oxygens (including phenoxy) is 1. The van der Waals surface area contributed by atoms with Crippen LogP contribution in [-0.2, 0) is 15.7 Å². The fourth-order valence-corrected chi connectivity index (χ4v) is 5.67. The lowest BCUT2D eigenvalue weighted by Gasteiger charge is -2.42. The van der Waals surface area contributed by atoms with Crippen LogP contribution in [0.5, 0.6) is 0 Å². The number of halogens is 3. The van der Waals surface area contributed by atoms with Crippen LogP contribution in [0.1, 0.15) is 77.6 Å². The van der Waals surface area contributed by atoms with Gasteiger partial charge < -0.3 is 20.1 Å². The van der Waals surface area contributed by atoms with E-state index in [1.54, 1.807) is 0 Å². The molecule has 0 aliphatic carbocycles. The molecule has 2 aromatic rings. The molecule has 1 aromatic heterocycles. The molecule has 1 fully saturated rings. The van der Waals surface area contributed by atoms with Gasteiger partial charge in [-0.3, -0.25) is 9.69 Å². The number of carbonyl (C=O) groups is 1. The summed E-state index contributed by atoms with van der Waals surface area (Å²) in [6, 6.07) is 6.00. The molecule has 224 valence electrons. The van der Waals surface area contributed by atoms with E-state index in [1.165, 1.54) is 7.11 Å². The molecule has 0 radical (unpaired) electrons. The summed E-state index contributed by atoms with van der Waals surface area (Å²) in [7, 11) is 1.34. The van der Waals surface area contributed by atoms with Gasteiger partial charge in [0.2, 0.25) is 11.0 Å². The van der Waals surface area contributed by atoms with Gasteiger partial charge >= 0.3 is 12.1 Å². The lowest BCUT2D eigenvalue weighted by Crippen LogP contribution is -2.49. The summed E-state index contributed by atoms with van der Waals surface area (Å²) in [6.07, 6.45) is -2.50. The van der Waals surface area contributed by atoms with Crippen LogP contribution in [0.3, 0.4) is 0 Å². The minimum Gasteiger partial charge on any atom is -0.469 e. The maximum atomic E-state index is 13.2. The summed E-state index contributed by atoms with van der Waals surface area (Å²) in [4.78, 5) is 20.0. The van der Waals surface area contributed by atoms with Gasteiger partial charge in [-0.1, -0.05) is 40.7 Å². The maximum Gasteiger partial charge on any atom is 0.452 e. The first-order chi connectivity index (χ1) is 18.8. The first kappa shape index (κ1) is 32.1. The van der Waals surface area contributed by atoms with Crippen LogP contribution < -0.4 is 10.2 Å². The van der Waals surface area contributed by atoms with E-state index >= 15 is 0 Å². The average molecular weight is 586 g/mol. The molecule has 2 heterocycles. The molecule has 1 aliphatic heterocycles. The molecule has 40 heavy (non-hydrogen) atoms. The molecule has 1 saturated heterocycles. The van der Waals surface area contributed by atoms with Gasteiger partial charge in [0.15, 0.2) is 0 Å². The topological polar surface area (TPSA) is 90.8 Å². The van der Waals surface area contributed by atoms with Crippen LogP contribution in [0, 0.1) is 11.8 Å². The summed E-state index contributed by atoms with van der Waals surface area (Å²) < 4.78 is 47.9. The van der Waals surface area contributed by atoms with E-state index in [4.69, 9.17) is 4.74 Å². The lowest BCUT2D eigenvalue weighted by atomic mass is 9.95. The molecule has 1 unspecified atom stereocenters. The normalized spacial score (nSPS) is 16.8. The zero-order chi connectivity index (χ0) is 29.6. The van der Waals surface area contributed by atoms with Crippen LogP contribution in [-0.4, -0.2) is 64.3 Å². The van der Waals surface area contributed by atoms with Crippen molar-refractivity contribution in [2.24, 2.45) is 11.8 Å². The molecule has 12 heteroatoms. The zero-order valence-corrected chi connectivity index (χ0v) is 25.0. The van der Waals surface area contributed by atoms with Crippen molar-refractivity contribution in [3.63, 3.8) is 0 Å². The van der Waals surface area contributed by atoms with Crippen LogP contribution in [0.2, 0.25) is 0 Å². The van der Waals surface area contributed by atoms with E-state index in [2.05, 4.69) is 52.2 Å². The SMILES string of the molecule is COC(=O)C[C@@H](C)c1ccc(N(CC(C)C)C2CCN(C(O)CC(C)C)CC2)c(Nc2nc(C(F)(F)F)ns2)c1. The Morgan fingerprint density at radius 3 is 2.42 bits per heavy atom. The highest BCUT2D eigenvalue weighted by molar-refractivity contribution is 7.09. The second-order valence-corrected chi connectivity index (χ2v) is 12.2. The van der Waals surface area contributed by atoms with Gasteiger partial charge in [-0.05, 0) is 54.7 Å². The second kappa shape index (κ2) is 14.0. The lowest BCUT2D eigenvalue weighted by molar-refractivity contribution is -0.144. The standard InChI is InChI=1S/C28H42F3N5O3S/c1-17(2)13-24(37)35-11-9-21(10-12-35)36(16-18(3)4)23-8-7-20(19(5)14-25(38)39-6)15-22(23)32-27-33-26(34-40-27)28(29,30)31/h7-8,15,17-19,21,24,37H,9-14,16H2,1-6H3,(H,32,33,34)/t19-,24?/m1/s1. The minimum atomic E-state index is -4.63. The number of esters is 1. The van der Waals surface area contributed by atoms with Gasteiger partial charge in [0.05, 0.1) is 24.9 Å². The third kappa shape index (κ3) is 8.78. The number of aromatic nitrogens is 2. The fourth-order valence-electron chi connectivity index (χ4n) is 5.07. The number of nitrogens with one attached hydrogen (secondary N) is 1. The number of nitrogens with zero attached hydrogens (tertiary/aromatic N) is 4. The van der Waals surface area contributed by atoms with E-state index in [1.807, 2.05) is 25.1 Å². The van der Waals surface area contributed by atoms with Crippen molar-refractivity contribution in [1.29, 1.82) is 0 Å². The highest BCUT2D eigenvalue weighted by Gasteiger charge is 2.36. The first-order valence-corrected chi connectivity index (χ1v) is 14.6. The number of benzene rings is 1. The van der Waals surface area contributed by atoms with Crippen molar-refractivity contribution in [3.8, 4) is 0 Å². The molecule has 8 nitrogen and oxygen atoms in total. The number of anilines is 3. The highest BCUT2D eigenvalue weighted by Crippen LogP contribution is 2.38. The van der Waals surface area contributed by atoms with Crippen LogP contribution in [0.4, 0.5) is 29.7 Å². The molecule has 0 saturated carbocycles. The Labute approximate surface area is 239 Å². The number of likely N-dealkylation sites (tertiary alicyclic amines) is 1. The number of aliphatic hydroxyl groups is 1. The molecule has 1 aromatic carbocycles. The molecular formula is C28H42F3N5O3S. The minimum absolute atomic E-state index is 0.0440. The smallest absolute Gasteiger partial charge is 0.452 e. The number of methoxy groups -OCH3 is 1. The summed E-state index contributed by atoms with van der Waals surface area (Å²) in [5.41, 5.74) is 2.32. The molecule has 0 bridgehead atoms. The Balaban J connectivity index is 1.94. The van der Waals surface area contributed by atoms with E-state index in [0.29, 0.717) is 29.1 Å². The van der Waals surface area contributed by atoms with Crippen molar-refractivity contribution < 1.29 is 27.8 Å². The van der Waals surface area contributed by atoms with E-state index in [0.717, 1.165) is 50.1 Å². The molecular weight excluding hydrogens is 543 g/mol. The third-order valence-electron chi connectivity index (χ3n) is 7.13. The predicted octanol–water partition coefficient (Wildman–Crippen LogP) is 6.26. The van der Waals surface area contributed by atoms with Gasteiger partial charge in [-0.25, -0.2) is 0 Å². The van der Waals surface area contributed by atoms with Crippen molar-refractivity contribution in [3.05, 3.63) is 29.6 Å². The third-order valence-corrected chi connectivity index (χ3v) is 7.76. The van der Waals surface area contributed by atoms with Crippen LogP contribution >= 0.6 is 11.5 Å². The average Bonchev–Trinajstić information content (AvgIpc) is 3.36. The molecule has 3 rings (SSSR count). The van der Waals surface area contributed by atoms with E-state index in [9.17, 15) is 23.1 Å². The van der Waals surface area contributed by atoms with Gasteiger partial charge in [-0.2, -0.15) is 22.5 Å². The first-order valence-electron chi connectivity index (χ1n) is 13.9. The van der Waals surface area contributed by atoms with Crippen molar-refractivity contribution in [1.82, 2.24) is 14.3 Å². The van der Waals surface area contributed by atoms with Crippen molar-refractivity contribution in [2.75, 3.05) is 37.0 Å². The number of alkyl halides is 3. The second-order valence-electron chi connectivity index (χ2n) is 11.4. The number of carbonyl (C=O) groups excluding carboxylic acids is 1. The monoisotopic (exact) mass is 585 g/mol. The Kier molecular flexibility index (Phi) is 11.2. The van der Waals surface area contributed by atoms with Crippen LogP contribution in [0.15, 0.2) is 18.2 Å². The van der Waals surface area contributed by atoms with Gasteiger partial charge in [0, 0.05) is 37.2 Å². The van der Waals surface area contributed by atoms with Gasteiger partial charge in [-0.15, -0.1) is 0 Å². The number of hydrogen-bond donors (Lipinski definition) is 2. The maximum absolute atomic E-state index is 13.2. The zero-order valence-electron chi connectivity index (χ0n) is 24.2. The number of piperidine rings is 1. The predicted molar refractivity (Wildman–Crippen MR) is 152 cm³/mol. The number of rotatable bonds is 12. The quantitative estimate of drug-likeness (QED) is 0.282.